The summed E-state index contributed by atoms with van der Waals surface area (Å²) in [6.07, 6.45) is 3.46. The van der Waals surface area contributed by atoms with Gasteiger partial charge in [-0.3, -0.25) is 0 Å². The molecule has 1 N–H and O–H groups in total. The standard InChI is InChI=1S/C16H29NO2/c1-6-17(7-2)10-16(18)19-11-15-13(4)8-12(3)9-14(15)5/h8,13-15H,6-7,9-11H2,1-5H3/p+1/t13-,14+,15+/m0/s1. The average molecular weight is 268 g/mol. The lowest BCUT2D eigenvalue weighted by Gasteiger charge is -2.32. The number of carbonyl (C=O) groups is 1. The van der Waals surface area contributed by atoms with E-state index < -0.39 is 0 Å². The molecule has 0 bridgehead atoms. The Morgan fingerprint density at radius 1 is 1.37 bits per heavy atom. The molecule has 1 rings (SSSR count). The second-order valence-corrected chi connectivity index (χ2v) is 6.03. The number of hydrogen-bond donors (Lipinski definition) is 1. The quantitative estimate of drug-likeness (QED) is 0.587. The fraction of sp³-hybridized carbons (Fsp3) is 0.812. The van der Waals surface area contributed by atoms with E-state index >= 15 is 0 Å². The fourth-order valence-corrected chi connectivity index (χ4v) is 3.08. The minimum absolute atomic E-state index is 0.0515. The maximum absolute atomic E-state index is 11.8. The molecule has 0 fully saturated rings. The summed E-state index contributed by atoms with van der Waals surface area (Å²) in [7, 11) is 0. The lowest BCUT2D eigenvalue weighted by molar-refractivity contribution is -0.888. The van der Waals surface area contributed by atoms with E-state index in [9.17, 15) is 4.79 Å². The van der Waals surface area contributed by atoms with Gasteiger partial charge in [-0.05, 0) is 39.0 Å². The Morgan fingerprint density at radius 2 is 2.00 bits per heavy atom. The Bertz CT molecular complexity index is 321. The summed E-state index contributed by atoms with van der Waals surface area (Å²) in [6, 6.07) is 0. The van der Waals surface area contributed by atoms with Crippen molar-refractivity contribution in [3.05, 3.63) is 11.6 Å². The highest BCUT2D eigenvalue weighted by Crippen LogP contribution is 2.33. The molecule has 0 saturated heterocycles. The molecule has 1 aliphatic carbocycles. The number of quaternary nitrogens is 1. The molecule has 19 heavy (non-hydrogen) atoms. The van der Waals surface area contributed by atoms with Gasteiger partial charge in [0.25, 0.3) is 0 Å². The lowest BCUT2D eigenvalue weighted by atomic mass is 9.75. The second kappa shape index (κ2) is 7.68. The zero-order valence-electron chi connectivity index (χ0n) is 13.2. The largest absolute Gasteiger partial charge is 0.461 e. The summed E-state index contributed by atoms with van der Waals surface area (Å²) in [6.45, 7) is 13.9. The molecule has 0 aromatic carbocycles. The van der Waals surface area contributed by atoms with Gasteiger partial charge in [-0.1, -0.05) is 25.5 Å². The van der Waals surface area contributed by atoms with Crippen molar-refractivity contribution in [2.75, 3.05) is 26.2 Å². The highest BCUT2D eigenvalue weighted by atomic mass is 16.5. The monoisotopic (exact) mass is 268 g/mol. The van der Waals surface area contributed by atoms with Gasteiger partial charge in [0.2, 0.25) is 0 Å². The Balaban J connectivity index is 2.41. The third-order valence-corrected chi connectivity index (χ3v) is 4.43. The maximum Gasteiger partial charge on any atom is 0.361 e. The van der Waals surface area contributed by atoms with Crippen LogP contribution < -0.4 is 4.90 Å². The van der Waals surface area contributed by atoms with Crippen LogP contribution in [0, 0.1) is 17.8 Å². The summed E-state index contributed by atoms with van der Waals surface area (Å²) >= 11 is 0. The number of allylic oxidation sites excluding steroid dienone is 2. The van der Waals surface area contributed by atoms with Crippen molar-refractivity contribution < 1.29 is 14.4 Å². The predicted octanol–water partition coefficient (Wildman–Crippen LogP) is 1.69. The molecule has 0 aromatic heterocycles. The van der Waals surface area contributed by atoms with Crippen LogP contribution in [0.2, 0.25) is 0 Å². The van der Waals surface area contributed by atoms with Crippen LogP contribution in [-0.2, 0) is 9.53 Å². The molecular formula is C16H30NO2+. The first-order valence-corrected chi connectivity index (χ1v) is 7.64. The van der Waals surface area contributed by atoms with Gasteiger partial charge in [-0.2, -0.15) is 0 Å². The zero-order valence-corrected chi connectivity index (χ0v) is 13.2. The fourth-order valence-electron chi connectivity index (χ4n) is 3.08. The van der Waals surface area contributed by atoms with Gasteiger partial charge in [0.15, 0.2) is 6.54 Å². The van der Waals surface area contributed by atoms with Crippen molar-refractivity contribution in [2.24, 2.45) is 17.8 Å². The summed E-state index contributed by atoms with van der Waals surface area (Å²) in [4.78, 5) is 13.1. The minimum atomic E-state index is -0.0515. The van der Waals surface area contributed by atoms with E-state index in [4.69, 9.17) is 4.74 Å². The van der Waals surface area contributed by atoms with E-state index in [2.05, 4.69) is 40.7 Å². The number of hydrogen-bond acceptors (Lipinski definition) is 2. The molecule has 0 unspecified atom stereocenters. The summed E-state index contributed by atoms with van der Waals surface area (Å²) in [5, 5.41) is 0. The molecule has 3 heteroatoms. The van der Waals surface area contributed by atoms with Crippen LogP contribution in [0.25, 0.3) is 0 Å². The first-order valence-electron chi connectivity index (χ1n) is 7.64. The highest BCUT2D eigenvalue weighted by molar-refractivity contribution is 5.70. The van der Waals surface area contributed by atoms with E-state index in [0.29, 0.717) is 30.9 Å². The molecule has 0 radical (unpaired) electrons. The number of nitrogens with one attached hydrogen (secondary N) is 1. The second-order valence-electron chi connectivity index (χ2n) is 6.03. The van der Waals surface area contributed by atoms with Crippen LogP contribution in [0.1, 0.15) is 41.0 Å². The third-order valence-electron chi connectivity index (χ3n) is 4.43. The van der Waals surface area contributed by atoms with Crippen LogP contribution in [0.5, 0.6) is 0 Å². The lowest BCUT2D eigenvalue weighted by Crippen LogP contribution is -3.12. The van der Waals surface area contributed by atoms with Gasteiger partial charge in [0.05, 0.1) is 19.7 Å². The maximum atomic E-state index is 11.8. The number of rotatable bonds is 6. The number of ether oxygens (including phenoxy) is 1. The number of likely N-dealkylation sites (N-methyl/N-ethyl adjacent to an activating group) is 1. The van der Waals surface area contributed by atoms with E-state index in [1.54, 1.807) is 0 Å². The Labute approximate surface area is 118 Å². The van der Waals surface area contributed by atoms with Crippen molar-refractivity contribution in [3.63, 3.8) is 0 Å². The molecule has 3 nitrogen and oxygen atoms in total. The average Bonchev–Trinajstić information content (AvgIpc) is 2.34. The predicted molar refractivity (Wildman–Crippen MR) is 78.1 cm³/mol. The first-order chi connectivity index (χ1) is 8.97. The van der Waals surface area contributed by atoms with Crippen molar-refractivity contribution >= 4 is 5.97 Å². The summed E-state index contributed by atoms with van der Waals surface area (Å²) < 4.78 is 5.50. The normalized spacial score (nSPS) is 27.3. The first kappa shape index (κ1) is 16.2. The van der Waals surface area contributed by atoms with Gasteiger partial charge in [-0.25, -0.2) is 4.79 Å². The molecule has 1 aliphatic rings. The highest BCUT2D eigenvalue weighted by Gasteiger charge is 2.28. The van der Waals surface area contributed by atoms with Gasteiger partial charge in [0, 0.05) is 5.92 Å². The molecule has 3 atom stereocenters. The van der Waals surface area contributed by atoms with Crippen molar-refractivity contribution in [1.82, 2.24) is 0 Å². The smallest absolute Gasteiger partial charge is 0.361 e. The van der Waals surface area contributed by atoms with Crippen LogP contribution in [0.4, 0.5) is 0 Å². The minimum Gasteiger partial charge on any atom is -0.461 e. The van der Waals surface area contributed by atoms with Crippen LogP contribution >= 0.6 is 0 Å². The van der Waals surface area contributed by atoms with Crippen molar-refractivity contribution in [2.45, 2.75) is 41.0 Å². The van der Waals surface area contributed by atoms with E-state index in [1.807, 2.05) is 0 Å². The summed E-state index contributed by atoms with van der Waals surface area (Å²) in [5.74, 6) is 1.54. The molecule has 0 heterocycles. The Kier molecular flexibility index (Phi) is 6.56. The van der Waals surface area contributed by atoms with Gasteiger partial charge >= 0.3 is 5.97 Å². The molecule has 0 aromatic rings. The van der Waals surface area contributed by atoms with Gasteiger partial charge in [0.1, 0.15) is 0 Å². The molecule has 0 aliphatic heterocycles. The number of carbonyl (C=O) groups excluding carboxylic acids is 1. The van der Waals surface area contributed by atoms with E-state index in [0.717, 1.165) is 19.5 Å². The van der Waals surface area contributed by atoms with E-state index in [-0.39, 0.29) is 5.97 Å². The number of esters is 1. The van der Waals surface area contributed by atoms with Crippen LogP contribution in [0.15, 0.2) is 11.6 Å². The molecular weight excluding hydrogens is 238 g/mol. The van der Waals surface area contributed by atoms with Crippen molar-refractivity contribution in [3.8, 4) is 0 Å². The van der Waals surface area contributed by atoms with Crippen molar-refractivity contribution in [1.29, 1.82) is 0 Å². The molecule has 0 saturated carbocycles. The Morgan fingerprint density at radius 3 is 2.53 bits per heavy atom. The van der Waals surface area contributed by atoms with Crippen LogP contribution in [0.3, 0.4) is 0 Å². The molecule has 0 amide bonds. The summed E-state index contributed by atoms with van der Waals surface area (Å²) in [5.41, 5.74) is 1.47. The zero-order chi connectivity index (χ0) is 14.4. The van der Waals surface area contributed by atoms with Crippen LogP contribution in [-0.4, -0.2) is 32.2 Å². The third kappa shape index (κ3) is 4.98. The van der Waals surface area contributed by atoms with Gasteiger partial charge in [-0.15, -0.1) is 0 Å². The SMILES string of the molecule is CC[NH+](CC)CC(=O)OC[C@H]1[C@H](C)CC(C)=C[C@@H]1C. The Hall–Kier alpha value is -0.830. The molecule has 110 valence electrons. The molecule has 0 spiro atoms. The van der Waals surface area contributed by atoms with E-state index in [1.165, 1.54) is 10.5 Å². The topological polar surface area (TPSA) is 30.7 Å². The van der Waals surface area contributed by atoms with Gasteiger partial charge < -0.3 is 9.64 Å².